The lowest BCUT2D eigenvalue weighted by Gasteiger charge is -2.22. The van der Waals surface area contributed by atoms with Crippen LogP contribution in [0.15, 0.2) is 54.7 Å². The summed E-state index contributed by atoms with van der Waals surface area (Å²) in [4.78, 5) is 12.0. The molecule has 0 radical (unpaired) electrons. The van der Waals surface area contributed by atoms with E-state index < -0.39 is 18.2 Å². The summed E-state index contributed by atoms with van der Waals surface area (Å²) in [6, 6.07) is 9.05. The third-order valence-corrected chi connectivity index (χ3v) is 3.43. The number of nitrogens with one attached hydrogen (secondary N) is 3. The SMILES string of the molecule is O=C(Nc1ccc2[nH]ncc2c1)NC(c1ccccc1)C(F)(F)F. The molecule has 1 unspecified atom stereocenters. The fraction of sp³-hybridized carbons (Fsp3) is 0.125. The van der Waals surface area contributed by atoms with Crippen LogP contribution in [0.5, 0.6) is 0 Å². The third kappa shape index (κ3) is 3.48. The van der Waals surface area contributed by atoms with Crippen LogP contribution in [0.3, 0.4) is 0 Å². The van der Waals surface area contributed by atoms with Gasteiger partial charge >= 0.3 is 12.2 Å². The minimum atomic E-state index is -4.60. The number of carbonyl (C=O) groups excluding carboxylic acids is 1. The zero-order valence-corrected chi connectivity index (χ0v) is 12.3. The first-order valence-electron chi connectivity index (χ1n) is 7.06. The molecule has 2 aromatic carbocycles. The highest BCUT2D eigenvalue weighted by molar-refractivity contribution is 5.92. The number of urea groups is 1. The van der Waals surface area contributed by atoms with Crippen molar-refractivity contribution in [2.24, 2.45) is 0 Å². The van der Waals surface area contributed by atoms with Crippen molar-refractivity contribution in [1.82, 2.24) is 15.5 Å². The van der Waals surface area contributed by atoms with E-state index in [0.717, 1.165) is 10.9 Å². The molecule has 3 aromatic rings. The Hall–Kier alpha value is -3.03. The zero-order chi connectivity index (χ0) is 17.2. The van der Waals surface area contributed by atoms with E-state index in [1.165, 1.54) is 24.3 Å². The highest BCUT2D eigenvalue weighted by atomic mass is 19.4. The zero-order valence-electron chi connectivity index (χ0n) is 12.3. The first-order valence-corrected chi connectivity index (χ1v) is 7.06. The van der Waals surface area contributed by atoms with Gasteiger partial charge in [0.1, 0.15) is 0 Å². The molecule has 0 aliphatic heterocycles. The van der Waals surface area contributed by atoms with Crippen LogP contribution < -0.4 is 10.6 Å². The number of rotatable bonds is 3. The van der Waals surface area contributed by atoms with Gasteiger partial charge in [-0.15, -0.1) is 0 Å². The van der Waals surface area contributed by atoms with Crippen LogP contribution in [-0.4, -0.2) is 22.4 Å². The number of H-pyrrole nitrogens is 1. The molecule has 5 nitrogen and oxygen atoms in total. The molecule has 0 aliphatic carbocycles. The summed E-state index contributed by atoms with van der Waals surface area (Å²) in [6.45, 7) is 0. The molecule has 0 aliphatic rings. The van der Waals surface area contributed by atoms with E-state index in [2.05, 4.69) is 15.5 Å². The van der Waals surface area contributed by atoms with Crippen molar-refractivity contribution >= 4 is 22.6 Å². The van der Waals surface area contributed by atoms with Gasteiger partial charge in [0, 0.05) is 11.1 Å². The van der Waals surface area contributed by atoms with Gasteiger partial charge < -0.3 is 10.6 Å². The fourth-order valence-electron chi connectivity index (χ4n) is 2.32. The number of amides is 2. The largest absolute Gasteiger partial charge is 0.412 e. The van der Waals surface area contributed by atoms with Gasteiger partial charge in [-0.2, -0.15) is 18.3 Å². The number of aromatic nitrogens is 2. The highest BCUT2D eigenvalue weighted by Crippen LogP contribution is 2.32. The Bertz CT molecular complexity index is 845. The van der Waals surface area contributed by atoms with Gasteiger partial charge in [-0.3, -0.25) is 5.10 Å². The molecule has 0 saturated heterocycles. The Kier molecular flexibility index (Phi) is 4.11. The minimum Gasteiger partial charge on any atom is -0.322 e. The molecule has 8 heteroatoms. The number of nitrogens with zero attached hydrogens (tertiary/aromatic N) is 1. The molecule has 3 rings (SSSR count). The Balaban J connectivity index is 1.76. The Morgan fingerprint density at radius 3 is 2.58 bits per heavy atom. The Morgan fingerprint density at radius 2 is 1.88 bits per heavy atom. The van der Waals surface area contributed by atoms with E-state index in [0.29, 0.717) is 5.69 Å². The summed E-state index contributed by atoms with van der Waals surface area (Å²) in [5.41, 5.74) is 1.10. The Labute approximate surface area is 134 Å². The molecule has 3 N–H and O–H groups in total. The fourth-order valence-corrected chi connectivity index (χ4v) is 2.32. The normalized spacial score (nSPS) is 12.8. The summed E-state index contributed by atoms with van der Waals surface area (Å²) in [5, 5.41) is 11.7. The lowest BCUT2D eigenvalue weighted by atomic mass is 10.1. The second-order valence-corrected chi connectivity index (χ2v) is 5.16. The van der Waals surface area contributed by atoms with Crippen molar-refractivity contribution < 1.29 is 18.0 Å². The van der Waals surface area contributed by atoms with Crippen molar-refractivity contribution in [2.75, 3.05) is 5.32 Å². The number of hydrogen-bond acceptors (Lipinski definition) is 2. The average Bonchev–Trinajstić information content (AvgIpc) is 3.00. The van der Waals surface area contributed by atoms with E-state index in [1.807, 2.05) is 5.32 Å². The number of aromatic amines is 1. The molecule has 2 amide bonds. The van der Waals surface area contributed by atoms with Crippen LogP contribution in [0.4, 0.5) is 23.7 Å². The molecule has 124 valence electrons. The van der Waals surface area contributed by atoms with Crippen LogP contribution in [0.1, 0.15) is 11.6 Å². The lowest BCUT2D eigenvalue weighted by Crippen LogP contribution is -2.40. The van der Waals surface area contributed by atoms with E-state index in [1.54, 1.807) is 30.5 Å². The minimum absolute atomic E-state index is 0.0366. The molecule has 0 saturated carbocycles. The first-order chi connectivity index (χ1) is 11.4. The first kappa shape index (κ1) is 15.9. The van der Waals surface area contributed by atoms with Crippen molar-refractivity contribution in [1.29, 1.82) is 0 Å². The van der Waals surface area contributed by atoms with Crippen molar-refractivity contribution in [3.63, 3.8) is 0 Å². The smallest absolute Gasteiger partial charge is 0.322 e. The van der Waals surface area contributed by atoms with Crippen molar-refractivity contribution in [3.8, 4) is 0 Å². The summed E-state index contributed by atoms with van der Waals surface area (Å²) in [5.74, 6) is 0. The van der Waals surface area contributed by atoms with E-state index in [4.69, 9.17) is 0 Å². The number of alkyl halides is 3. The van der Waals surface area contributed by atoms with Gasteiger partial charge in [0.2, 0.25) is 0 Å². The number of hydrogen-bond donors (Lipinski definition) is 3. The maximum Gasteiger partial charge on any atom is 0.412 e. The predicted molar refractivity (Wildman–Crippen MR) is 83.5 cm³/mol. The average molecular weight is 334 g/mol. The van der Waals surface area contributed by atoms with Crippen molar-refractivity contribution in [3.05, 3.63) is 60.3 Å². The van der Waals surface area contributed by atoms with Gasteiger partial charge in [0.25, 0.3) is 0 Å². The number of halogens is 3. The molecule has 0 bridgehead atoms. The number of fused-ring (bicyclic) bond motifs is 1. The van der Waals surface area contributed by atoms with E-state index in [-0.39, 0.29) is 5.56 Å². The monoisotopic (exact) mass is 334 g/mol. The topological polar surface area (TPSA) is 69.8 Å². The highest BCUT2D eigenvalue weighted by Gasteiger charge is 2.41. The van der Waals surface area contributed by atoms with Crippen molar-refractivity contribution in [2.45, 2.75) is 12.2 Å². The predicted octanol–water partition coefficient (Wildman–Crippen LogP) is 3.99. The second kappa shape index (κ2) is 6.23. The standard InChI is InChI=1S/C16H13F3N4O/c17-16(18,19)14(10-4-2-1-3-5-10)22-15(24)21-12-6-7-13-11(8-12)9-20-23-13/h1-9,14H,(H,20,23)(H2,21,22,24). The van der Waals surface area contributed by atoms with Crippen LogP contribution >= 0.6 is 0 Å². The molecular formula is C16H13F3N4O. The van der Waals surface area contributed by atoms with Crippen LogP contribution in [0.2, 0.25) is 0 Å². The van der Waals surface area contributed by atoms with Crippen LogP contribution in [-0.2, 0) is 0 Å². The van der Waals surface area contributed by atoms with Crippen LogP contribution in [0.25, 0.3) is 10.9 Å². The van der Waals surface area contributed by atoms with Gasteiger partial charge in [0.05, 0.1) is 11.7 Å². The molecule has 0 fully saturated rings. The number of benzene rings is 2. The Morgan fingerprint density at radius 1 is 1.12 bits per heavy atom. The molecule has 0 spiro atoms. The van der Waals surface area contributed by atoms with Gasteiger partial charge in [-0.05, 0) is 23.8 Å². The van der Waals surface area contributed by atoms with Crippen LogP contribution in [0, 0.1) is 0 Å². The van der Waals surface area contributed by atoms with Gasteiger partial charge in [-0.25, -0.2) is 4.79 Å². The maximum atomic E-state index is 13.2. The lowest BCUT2D eigenvalue weighted by molar-refractivity contribution is -0.154. The molecule has 1 atom stereocenters. The molecular weight excluding hydrogens is 321 g/mol. The summed E-state index contributed by atoms with van der Waals surface area (Å²) in [7, 11) is 0. The quantitative estimate of drug-likeness (QED) is 0.678. The van der Waals surface area contributed by atoms with Gasteiger partial charge in [0.15, 0.2) is 6.04 Å². The second-order valence-electron chi connectivity index (χ2n) is 5.16. The van der Waals surface area contributed by atoms with E-state index >= 15 is 0 Å². The molecule has 1 aromatic heterocycles. The number of carbonyl (C=O) groups is 1. The summed E-state index contributed by atoms with van der Waals surface area (Å²) >= 11 is 0. The molecule has 24 heavy (non-hydrogen) atoms. The molecule has 1 heterocycles. The van der Waals surface area contributed by atoms with Gasteiger partial charge in [-0.1, -0.05) is 30.3 Å². The number of anilines is 1. The van der Waals surface area contributed by atoms with E-state index in [9.17, 15) is 18.0 Å². The summed E-state index contributed by atoms with van der Waals surface area (Å²) in [6.07, 6.45) is -3.05. The third-order valence-electron chi connectivity index (χ3n) is 3.43. The maximum absolute atomic E-state index is 13.2. The summed E-state index contributed by atoms with van der Waals surface area (Å²) < 4.78 is 39.6.